The number of aromatic nitrogens is 5. The lowest BCUT2D eigenvalue weighted by molar-refractivity contribution is -0.116. The van der Waals surface area contributed by atoms with Crippen LogP contribution in [0.3, 0.4) is 0 Å². The molecule has 0 saturated heterocycles. The van der Waals surface area contributed by atoms with Gasteiger partial charge in [0.2, 0.25) is 5.91 Å². The van der Waals surface area contributed by atoms with Gasteiger partial charge >= 0.3 is 0 Å². The van der Waals surface area contributed by atoms with Gasteiger partial charge in [-0.1, -0.05) is 37.2 Å². The Morgan fingerprint density at radius 3 is 2.59 bits per heavy atom. The van der Waals surface area contributed by atoms with Gasteiger partial charge in [-0.3, -0.25) is 14.7 Å². The SMILES string of the molecule is CCCCn1c(SCC(=O)N(Cc2ccc(OC)cc2)c2nccs2)nnc1-c1ccncc1. The van der Waals surface area contributed by atoms with E-state index in [1.54, 1.807) is 30.6 Å². The minimum atomic E-state index is -0.0359. The highest BCUT2D eigenvalue weighted by Crippen LogP contribution is 2.27. The number of rotatable bonds is 11. The number of carbonyl (C=O) groups is 1. The number of pyridine rings is 1. The fraction of sp³-hybridized carbons (Fsp3) is 0.292. The van der Waals surface area contributed by atoms with E-state index in [-0.39, 0.29) is 11.7 Å². The summed E-state index contributed by atoms with van der Waals surface area (Å²) in [6, 6.07) is 11.6. The van der Waals surface area contributed by atoms with Gasteiger partial charge in [-0.2, -0.15) is 0 Å². The van der Waals surface area contributed by atoms with Crippen LogP contribution >= 0.6 is 23.1 Å². The van der Waals surface area contributed by atoms with Crippen molar-refractivity contribution >= 4 is 34.1 Å². The van der Waals surface area contributed by atoms with E-state index in [1.807, 2.05) is 41.8 Å². The van der Waals surface area contributed by atoms with Crippen LogP contribution < -0.4 is 9.64 Å². The van der Waals surface area contributed by atoms with Gasteiger partial charge in [0.15, 0.2) is 16.1 Å². The van der Waals surface area contributed by atoms with Crippen molar-refractivity contribution in [2.75, 3.05) is 17.8 Å². The first-order chi connectivity index (χ1) is 16.7. The predicted molar refractivity (Wildman–Crippen MR) is 135 cm³/mol. The Hall–Kier alpha value is -3.24. The second kappa shape index (κ2) is 11.8. The number of carbonyl (C=O) groups excluding carboxylic acids is 1. The van der Waals surface area contributed by atoms with Gasteiger partial charge in [0, 0.05) is 36.1 Å². The largest absolute Gasteiger partial charge is 0.497 e. The molecular formula is C24H26N6O2S2. The number of hydrogen-bond donors (Lipinski definition) is 0. The second-order valence-corrected chi connectivity index (χ2v) is 9.29. The lowest BCUT2D eigenvalue weighted by Crippen LogP contribution is -2.32. The molecule has 0 N–H and O–H groups in total. The third kappa shape index (κ3) is 5.81. The number of thioether (sulfide) groups is 1. The minimum absolute atomic E-state index is 0.0359. The number of thiazole rings is 1. The summed E-state index contributed by atoms with van der Waals surface area (Å²) in [5, 5.41) is 12.1. The van der Waals surface area contributed by atoms with Gasteiger partial charge < -0.3 is 9.30 Å². The second-order valence-electron chi connectivity index (χ2n) is 7.48. The highest BCUT2D eigenvalue weighted by Gasteiger charge is 2.21. The van der Waals surface area contributed by atoms with Crippen LogP contribution in [0.25, 0.3) is 11.4 Å². The number of ether oxygens (including phenoxy) is 1. The molecule has 0 aliphatic carbocycles. The summed E-state index contributed by atoms with van der Waals surface area (Å²) in [5.74, 6) is 1.77. The van der Waals surface area contributed by atoms with E-state index < -0.39 is 0 Å². The van der Waals surface area contributed by atoms with E-state index in [9.17, 15) is 4.79 Å². The average Bonchev–Trinajstić information content (AvgIpc) is 3.55. The zero-order valence-corrected chi connectivity index (χ0v) is 20.8. The Balaban J connectivity index is 1.51. The van der Waals surface area contributed by atoms with Gasteiger partial charge in [-0.25, -0.2) is 4.98 Å². The molecule has 0 aliphatic rings. The van der Waals surface area contributed by atoms with E-state index in [1.165, 1.54) is 23.1 Å². The molecule has 0 radical (unpaired) electrons. The maximum atomic E-state index is 13.3. The molecule has 0 saturated carbocycles. The molecule has 0 atom stereocenters. The van der Waals surface area contributed by atoms with E-state index >= 15 is 0 Å². The van der Waals surface area contributed by atoms with Crippen molar-refractivity contribution in [1.82, 2.24) is 24.7 Å². The van der Waals surface area contributed by atoms with Crippen LogP contribution in [-0.2, 0) is 17.9 Å². The molecular weight excluding hydrogens is 468 g/mol. The summed E-state index contributed by atoms with van der Waals surface area (Å²) in [6.07, 6.45) is 7.26. The molecule has 34 heavy (non-hydrogen) atoms. The normalized spacial score (nSPS) is 10.9. The standard InChI is InChI=1S/C24H26N6O2S2/c1-3-4-14-29-22(19-9-11-25-12-10-19)27-28-24(29)34-17-21(31)30(23-26-13-15-33-23)16-18-5-7-20(32-2)8-6-18/h5-13,15H,3-4,14,16-17H2,1-2H3. The number of methoxy groups -OCH3 is 1. The molecule has 4 rings (SSSR count). The number of benzene rings is 1. The fourth-order valence-electron chi connectivity index (χ4n) is 3.36. The van der Waals surface area contributed by atoms with Crippen molar-refractivity contribution in [2.24, 2.45) is 0 Å². The Labute approximate surface area is 207 Å². The molecule has 0 aliphatic heterocycles. The molecule has 3 heterocycles. The quantitative estimate of drug-likeness (QED) is 0.273. The lowest BCUT2D eigenvalue weighted by Gasteiger charge is -2.20. The van der Waals surface area contributed by atoms with Crippen molar-refractivity contribution in [3.63, 3.8) is 0 Å². The summed E-state index contributed by atoms with van der Waals surface area (Å²) in [6.45, 7) is 3.37. The Kier molecular flexibility index (Phi) is 8.26. The van der Waals surface area contributed by atoms with Crippen molar-refractivity contribution in [3.8, 4) is 17.1 Å². The summed E-state index contributed by atoms with van der Waals surface area (Å²) in [5.41, 5.74) is 1.96. The maximum Gasteiger partial charge on any atom is 0.239 e. The Morgan fingerprint density at radius 2 is 1.91 bits per heavy atom. The van der Waals surface area contributed by atoms with E-state index in [2.05, 4.69) is 31.7 Å². The van der Waals surface area contributed by atoms with E-state index in [0.717, 1.165) is 47.2 Å². The number of unbranched alkanes of at least 4 members (excludes halogenated alkanes) is 1. The highest BCUT2D eigenvalue weighted by atomic mass is 32.2. The molecule has 3 aromatic heterocycles. The topological polar surface area (TPSA) is 86.0 Å². The van der Waals surface area contributed by atoms with E-state index in [4.69, 9.17) is 4.74 Å². The van der Waals surface area contributed by atoms with Crippen LogP contribution in [0.4, 0.5) is 5.13 Å². The first kappa shape index (κ1) is 23.9. The fourth-order valence-corrected chi connectivity index (χ4v) is 4.86. The summed E-state index contributed by atoms with van der Waals surface area (Å²) in [7, 11) is 1.64. The number of nitrogens with zero attached hydrogens (tertiary/aromatic N) is 6. The number of amides is 1. The lowest BCUT2D eigenvalue weighted by atomic mass is 10.2. The van der Waals surface area contributed by atoms with Gasteiger partial charge in [-0.15, -0.1) is 21.5 Å². The molecule has 176 valence electrons. The zero-order valence-electron chi connectivity index (χ0n) is 19.1. The maximum absolute atomic E-state index is 13.3. The van der Waals surface area contributed by atoms with Crippen molar-refractivity contribution in [2.45, 2.75) is 38.0 Å². The predicted octanol–water partition coefficient (Wildman–Crippen LogP) is 4.93. The van der Waals surface area contributed by atoms with Crippen LogP contribution in [0.5, 0.6) is 5.75 Å². The molecule has 4 aromatic rings. The molecule has 0 fully saturated rings. The molecule has 0 spiro atoms. The van der Waals surface area contributed by atoms with Gasteiger partial charge in [0.1, 0.15) is 5.75 Å². The molecule has 8 nitrogen and oxygen atoms in total. The van der Waals surface area contributed by atoms with Crippen LogP contribution in [0, 0.1) is 0 Å². The third-order valence-electron chi connectivity index (χ3n) is 5.17. The molecule has 10 heteroatoms. The Morgan fingerprint density at radius 1 is 1.12 bits per heavy atom. The Bertz CT molecular complexity index is 1180. The summed E-state index contributed by atoms with van der Waals surface area (Å²) in [4.78, 5) is 23.5. The number of hydrogen-bond acceptors (Lipinski definition) is 8. The van der Waals surface area contributed by atoms with Crippen molar-refractivity contribution in [1.29, 1.82) is 0 Å². The molecule has 1 aromatic carbocycles. The first-order valence-electron chi connectivity index (χ1n) is 11.0. The molecule has 0 unspecified atom stereocenters. The smallest absolute Gasteiger partial charge is 0.239 e. The van der Waals surface area contributed by atoms with Crippen molar-refractivity contribution in [3.05, 3.63) is 65.9 Å². The van der Waals surface area contributed by atoms with Crippen LogP contribution in [0.1, 0.15) is 25.3 Å². The number of anilines is 1. The van der Waals surface area contributed by atoms with Gasteiger partial charge in [0.25, 0.3) is 0 Å². The van der Waals surface area contributed by atoms with Crippen molar-refractivity contribution < 1.29 is 9.53 Å². The van der Waals surface area contributed by atoms with Crippen LogP contribution in [0.15, 0.2) is 65.5 Å². The van der Waals surface area contributed by atoms with Gasteiger partial charge in [0.05, 0.1) is 19.4 Å². The van der Waals surface area contributed by atoms with Crippen LogP contribution in [0.2, 0.25) is 0 Å². The van der Waals surface area contributed by atoms with Gasteiger partial charge in [-0.05, 0) is 36.2 Å². The summed E-state index contributed by atoms with van der Waals surface area (Å²) < 4.78 is 7.33. The summed E-state index contributed by atoms with van der Waals surface area (Å²) >= 11 is 2.85. The third-order valence-corrected chi connectivity index (χ3v) is 6.91. The van der Waals surface area contributed by atoms with Crippen LogP contribution in [-0.4, -0.2) is 43.5 Å². The monoisotopic (exact) mass is 494 g/mol. The average molecular weight is 495 g/mol. The zero-order chi connectivity index (χ0) is 23.8. The van der Waals surface area contributed by atoms with E-state index in [0.29, 0.717) is 11.7 Å². The molecule has 0 bridgehead atoms. The molecule has 1 amide bonds. The first-order valence-corrected chi connectivity index (χ1v) is 12.8. The highest BCUT2D eigenvalue weighted by molar-refractivity contribution is 7.99. The minimum Gasteiger partial charge on any atom is -0.497 e.